The number of allylic oxidation sites excluding steroid dienone is 2. The fourth-order valence-electron chi connectivity index (χ4n) is 6.70. The number of phenols is 1. The maximum absolute atomic E-state index is 12.0. The molecule has 280 valence electrons. The Bertz CT molecular complexity index is 1880. The number of aliphatic imine (C=N–C) groups is 1. The number of phenolic OH excluding ortho intramolecular Hbond substituents is 1. The van der Waals surface area contributed by atoms with E-state index in [-0.39, 0.29) is 48.0 Å². The van der Waals surface area contributed by atoms with Crippen molar-refractivity contribution in [1.82, 2.24) is 5.32 Å². The topological polar surface area (TPSA) is 211 Å². The van der Waals surface area contributed by atoms with Gasteiger partial charge in [-0.2, -0.15) is 0 Å². The SMILES string of the molecule is CC(CC=Cc1ccccc1)C(CNC(O)C1(O)C(Oc2ccc3c(c2)OCC(c2ccc(O)cc2)=C3O)OC(C(=O)O)C(O)C1O)CC1=CCN=C1. The van der Waals surface area contributed by atoms with E-state index in [0.29, 0.717) is 36.1 Å². The Morgan fingerprint density at radius 2 is 1.85 bits per heavy atom. The number of hydrogen-bond acceptors (Lipinski definition) is 12. The molecule has 1 saturated heterocycles. The fraction of sp³-hybridized carbons (Fsp3) is 0.350. The molecule has 0 bridgehead atoms. The van der Waals surface area contributed by atoms with Crippen LogP contribution in [0.5, 0.6) is 17.2 Å². The summed E-state index contributed by atoms with van der Waals surface area (Å²) in [5.41, 5.74) is 0.735. The first-order valence-electron chi connectivity index (χ1n) is 17.4. The van der Waals surface area contributed by atoms with Crippen LogP contribution in [0.3, 0.4) is 0 Å². The molecule has 0 spiro atoms. The molecule has 0 amide bonds. The minimum Gasteiger partial charge on any atom is -0.508 e. The van der Waals surface area contributed by atoms with E-state index in [1.807, 2.05) is 42.5 Å². The molecule has 3 heterocycles. The number of ether oxygens (including phenoxy) is 3. The van der Waals surface area contributed by atoms with Crippen LogP contribution in [-0.4, -0.2) is 104 Å². The van der Waals surface area contributed by atoms with Gasteiger partial charge in [-0.25, -0.2) is 4.79 Å². The molecular formula is C40H44N2O11. The highest BCUT2D eigenvalue weighted by molar-refractivity contribution is 5.91. The summed E-state index contributed by atoms with van der Waals surface area (Å²) < 4.78 is 17.4. The van der Waals surface area contributed by atoms with Crippen LogP contribution in [0.15, 0.2) is 95.5 Å². The number of carboxylic acids is 1. The maximum atomic E-state index is 12.0. The molecule has 3 aromatic carbocycles. The molecule has 8 N–H and O–H groups in total. The number of nitrogens with one attached hydrogen (secondary N) is 1. The van der Waals surface area contributed by atoms with Gasteiger partial charge in [-0.15, -0.1) is 0 Å². The molecule has 0 saturated carbocycles. The summed E-state index contributed by atoms with van der Waals surface area (Å²) in [5.74, 6) is -1.46. The third kappa shape index (κ3) is 8.31. The van der Waals surface area contributed by atoms with Gasteiger partial charge in [0.05, 0.1) is 12.1 Å². The van der Waals surface area contributed by atoms with Crippen LogP contribution in [0.2, 0.25) is 0 Å². The van der Waals surface area contributed by atoms with Gasteiger partial charge in [0.25, 0.3) is 0 Å². The second-order valence-corrected chi connectivity index (χ2v) is 13.6. The van der Waals surface area contributed by atoms with Crippen LogP contribution in [0.4, 0.5) is 0 Å². The number of carbonyl (C=O) groups is 1. The Labute approximate surface area is 306 Å². The smallest absolute Gasteiger partial charge is 0.335 e. The van der Waals surface area contributed by atoms with Gasteiger partial charge in [0.2, 0.25) is 6.29 Å². The lowest BCUT2D eigenvalue weighted by Crippen LogP contribution is -2.75. The van der Waals surface area contributed by atoms with E-state index >= 15 is 0 Å². The molecule has 3 aliphatic rings. The van der Waals surface area contributed by atoms with Crippen LogP contribution in [-0.2, 0) is 9.53 Å². The number of aliphatic hydroxyl groups excluding tert-OH is 4. The lowest BCUT2D eigenvalue weighted by Gasteiger charge is -2.48. The zero-order valence-corrected chi connectivity index (χ0v) is 29.0. The first-order valence-corrected chi connectivity index (χ1v) is 17.4. The minimum absolute atomic E-state index is 0.0165. The number of aromatic hydroxyl groups is 1. The number of nitrogens with zero attached hydrogens (tertiary/aromatic N) is 1. The third-order valence-electron chi connectivity index (χ3n) is 9.97. The Balaban J connectivity index is 1.21. The Morgan fingerprint density at radius 1 is 1.09 bits per heavy atom. The normalized spacial score (nSPS) is 25.7. The van der Waals surface area contributed by atoms with E-state index in [9.17, 15) is 40.5 Å². The van der Waals surface area contributed by atoms with E-state index < -0.39 is 42.4 Å². The second-order valence-electron chi connectivity index (χ2n) is 13.6. The van der Waals surface area contributed by atoms with Gasteiger partial charge in [0.1, 0.15) is 48.1 Å². The van der Waals surface area contributed by atoms with Crippen molar-refractivity contribution in [2.75, 3.05) is 19.7 Å². The van der Waals surface area contributed by atoms with Crippen molar-refractivity contribution in [2.24, 2.45) is 16.8 Å². The second kappa shape index (κ2) is 16.3. The molecule has 6 rings (SSSR count). The van der Waals surface area contributed by atoms with Crippen LogP contribution < -0.4 is 14.8 Å². The highest BCUT2D eigenvalue weighted by Gasteiger charge is 2.62. The molecular weight excluding hydrogens is 684 g/mol. The highest BCUT2D eigenvalue weighted by atomic mass is 16.7. The Hall–Kier alpha value is -5.02. The van der Waals surface area contributed by atoms with Gasteiger partial charge in [-0.05, 0) is 65.6 Å². The molecule has 8 atom stereocenters. The van der Waals surface area contributed by atoms with Crippen molar-refractivity contribution >= 4 is 29.6 Å². The van der Waals surface area contributed by atoms with E-state index in [1.54, 1.807) is 18.3 Å². The molecule has 53 heavy (non-hydrogen) atoms. The van der Waals surface area contributed by atoms with E-state index in [2.05, 4.69) is 23.3 Å². The summed E-state index contributed by atoms with van der Waals surface area (Å²) in [6.45, 7) is 2.76. The molecule has 13 nitrogen and oxygen atoms in total. The maximum Gasteiger partial charge on any atom is 0.335 e. The summed E-state index contributed by atoms with van der Waals surface area (Å²) in [7, 11) is 0. The summed E-state index contributed by atoms with van der Waals surface area (Å²) >= 11 is 0. The largest absolute Gasteiger partial charge is 0.508 e. The quantitative estimate of drug-likeness (QED) is 0.112. The number of hydrogen-bond donors (Lipinski definition) is 8. The summed E-state index contributed by atoms with van der Waals surface area (Å²) in [6.07, 6.45) is -1.10. The molecule has 1 fully saturated rings. The van der Waals surface area contributed by atoms with Crippen LogP contribution >= 0.6 is 0 Å². The third-order valence-corrected chi connectivity index (χ3v) is 9.97. The van der Waals surface area contributed by atoms with Gasteiger partial charge in [0, 0.05) is 24.4 Å². The number of aliphatic carboxylic acids is 1. The van der Waals surface area contributed by atoms with Gasteiger partial charge >= 0.3 is 5.97 Å². The number of rotatable bonds is 14. The predicted octanol–water partition coefficient (Wildman–Crippen LogP) is 3.52. The first kappa shape index (κ1) is 37.7. The monoisotopic (exact) mass is 728 g/mol. The van der Waals surface area contributed by atoms with Gasteiger partial charge < -0.3 is 50.0 Å². The molecule has 0 aromatic heterocycles. The average Bonchev–Trinajstić information content (AvgIpc) is 3.67. The van der Waals surface area contributed by atoms with Gasteiger partial charge in [-0.1, -0.05) is 67.6 Å². The Morgan fingerprint density at radius 3 is 2.55 bits per heavy atom. The summed E-state index contributed by atoms with van der Waals surface area (Å²) in [4.78, 5) is 16.3. The van der Waals surface area contributed by atoms with E-state index in [1.165, 1.54) is 30.3 Å². The van der Waals surface area contributed by atoms with Crippen molar-refractivity contribution < 1.29 is 54.8 Å². The zero-order chi connectivity index (χ0) is 37.7. The molecule has 3 aliphatic heterocycles. The van der Waals surface area contributed by atoms with Crippen molar-refractivity contribution in [2.45, 2.75) is 56.2 Å². The lowest BCUT2D eigenvalue weighted by molar-refractivity contribution is -0.338. The van der Waals surface area contributed by atoms with E-state index in [4.69, 9.17) is 14.2 Å². The highest BCUT2D eigenvalue weighted by Crippen LogP contribution is 2.40. The molecule has 13 heteroatoms. The number of aliphatic hydroxyl groups is 5. The zero-order valence-electron chi connectivity index (χ0n) is 29.0. The predicted molar refractivity (Wildman–Crippen MR) is 196 cm³/mol. The lowest BCUT2D eigenvalue weighted by atomic mass is 9.83. The standard InChI is InChI=1S/C40H44N2O11/c1-23(6-5-9-24-7-3-2-4-8-24)27(18-25-16-17-41-20-25)21-42-38(49)40(50)36(46)34(45)35(37(47)48)53-39(40)52-29-14-15-30-32(19-29)51-22-31(33(30)44)26-10-12-28(43)13-11-26/h2-5,7-16,19-20,23,27,34-36,38-39,42-46,49-50H,6,17-18,21-22H2,1H3,(H,47,48). The first-order chi connectivity index (χ1) is 25.4. The molecule has 8 unspecified atom stereocenters. The fourth-order valence-corrected chi connectivity index (χ4v) is 6.70. The molecule has 0 aliphatic carbocycles. The average molecular weight is 729 g/mol. The van der Waals surface area contributed by atoms with Crippen molar-refractivity contribution in [3.63, 3.8) is 0 Å². The van der Waals surface area contributed by atoms with Crippen LogP contribution in [0.1, 0.15) is 36.5 Å². The van der Waals surface area contributed by atoms with Crippen molar-refractivity contribution in [3.05, 3.63) is 107 Å². The number of benzene rings is 3. The Kier molecular flexibility index (Phi) is 11.6. The summed E-state index contributed by atoms with van der Waals surface area (Å²) in [5, 5.41) is 78.8. The van der Waals surface area contributed by atoms with Crippen LogP contribution in [0, 0.1) is 11.8 Å². The molecule has 3 aromatic rings. The van der Waals surface area contributed by atoms with Crippen LogP contribution in [0.25, 0.3) is 17.4 Å². The van der Waals surface area contributed by atoms with Gasteiger partial charge in [-0.3, -0.25) is 10.3 Å². The van der Waals surface area contributed by atoms with Gasteiger partial charge in [0.15, 0.2) is 11.7 Å². The molecule has 0 radical (unpaired) electrons. The summed E-state index contributed by atoms with van der Waals surface area (Å²) in [6, 6.07) is 20.4. The van der Waals surface area contributed by atoms with Crippen molar-refractivity contribution in [1.29, 1.82) is 0 Å². The minimum atomic E-state index is -2.77. The van der Waals surface area contributed by atoms with E-state index in [0.717, 1.165) is 11.1 Å². The number of carboxylic acid groups (broad SMARTS) is 1. The van der Waals surface area contributed by atoms with Crippen molar-refractivity contribution in [3.8, 4) is 17.2 Å². The number of fused-ring (bicyclic) bond motifs is 1.